The van der Waals surface area contributed by atoms with Gasteiger partial charge in [0.05, 0.1) is 0 Å². The molecule has 0 spiro atoms. The number of rotatable bonds is 4. The van der Waals surface area contributed by atoms with E-state index in [4.69, 9.17) is 5.73 Å². The zero-order chi connectivity index (χ0) is 14.0. The molecule has 2 N–H and O–H groups in total. The maximum atomic E-state index is 12.4. The fraction of sp³-hybridized carbons (Fsp3) is 0.667. The zero-order valence-electron chi connectivity index (χ0n) is 11.4. The number of likely N-dealkylation sites (tertiary alicyclic amines) is 1. The zero-order valence-corrected chi connectivity index (χ0v) is 13.0. The van der Waals surface area contributed by atoms with Gasteiger partial charge >= 0.3 is 0 Å². The summed E-state index contributed by atoms with van der Waals surface area (Å²) >= 11 is 1.18. The molecule has 0 radical (unpaired) electrons. The number of nitrogens with two attached hydrogens (primary N) is 1. The van der Waals surface area contributed by atoms with Crippen molar-refractivity contribution in [2.75, 3.05) is 39.5 Å². The summed E-state index contributed by atoms with van der Waals surface area (Å²) < 4.78 is 26.5. The highest BCUT2D eigenvalue weighted by Crippen LogP contribution is 2.26. The van der Waals surface area contributed by atoms with E-state index in [0.29, 0.717) is 22.4 Å². The van der Waals surface area contributed by atoms with Gasteiger partial charge in [0.1, 0.15) is 4.21 Å². The molecule has 108 valence electrons. The minimum Gasteiger partial charge on any atom is -0.398 e. The van der Waals surface area contributed by atoms with Gasteiger partial charge in [0.15, 0.2) is 0 Å². The minimum absolute atomic E-state index is 0.334. The number of anilines is 1. The van der Waals surface area contributed by atoms with Crippen LogP contribution in [0.5, 0.6) is 0 Å². The molecule has 1 fully saturated rings. The lowest BCUT2D eigenvalue weighted by molar-refractivity contribution is 0.202. The normalized spacial score (nSPS) is 19.1. The number of sulfonamides is 1. The van der Waals surface area contributed by atoms with Gasteiger partial charge < -0.3 is 10.6 Å². The number of piperidine rings is 1. The second-order valence-corrected chi connectivity index (χ2v) is 8.41. The standard InChI is InChI=1S/C12H21N3O2S2/c1-14-5-3-10(4-6-14)8-15(2)19(16,17)12-7-11(13)9-18-12/h7,9-10H,3-6,8,13H2,1-2H3. The molecule has 19 heavy (non-hydrogen) atoms. The molecule has 0 unspecified atom stereocenters. The van der Waals surface area contributed by atoms with Crippen LogP contribution in [0.2, 0.25) is 0 Å². The molecule has 1 saturated heterocycles. The van der Waals surface area contributed by atoms with Gasteiger partial charge in [0, 0.05) is 24.7 Å². The van der Waals surface area contributed by atoms with Crippen LogP contribution in [0, 0.1) is 5.92 Å². The molecule has 0 bridgehead atoms. The van der Waals surface area contributed by atoms with E-state index in [1.807, 2.05) is 0 Å². The highest BCUT2D eigenvalue weighted by atomic mass is 32.2. The molecule has 2 heterocycles. The average Bonchev–Trinajstić information content (AvgIpc) is 2.79. The Morgan fingerprint density at radius 3 is 2.63 bits per heavy atom. The molecule has 1 aromatic heterocycles. The third-order valence-corrected chi connectivity index (χ3v) is 6.87. The fourth-order valence-corrected chi connectivity index (χ4v) is 4.86. The van der Waals surface area contributed by atoms with E-state index in [0.717, 1.165) is 25.9 Å². The van der Waals surface area contributed by atoms with E-state index in [2.05, 4.69) is 11.9 Å². The van der Waals surface area contributed by atoms with Crippen LogP contribution >= 0.6 is 11.3 Å². The molecule has 0 saturated carbocycles. The predicted molar refractivity (Wildman–Crippen MR) is 78.8 cm³/mol. The monoisotopic (exact) mass is 303 g/mol. The Balaban J connectivity index is 2.01. The first-order chi connectivity index (χ1) is 8.89. The molecule has 7 heteroatoms. The average molecular weight is 303 g/mol. The van der Waals surface area contributed by atoms with Crippen molar-refractivity contribution in [3.8, 4) is 0 Å². The topological polar surface area (TPSA) is 66.6 Å². The Labute approximate surface area is 119 Å². The predicted octanol–water partition coefficient (Wildman–Crippen LogP) is 1.29. The Hall–Kier alpha value is -0.630. The SMILES string of the molecule is CN1CCC(CN(C)S(=O)(=O)c2cc(N)cs2)CC1. The van der Waals surface area contributed by atoms with E-state index in [9.17, 15) is 8.42 Å². The third-order valence-electron chi connectivity index (χ3n) is 3.61. The van der Waals surface area contributed by atoms with Crippen LogP contribution in [0.15, 0.2) is 15.7 Å². The number of hydrogen-bond acceptors (Lipinski definition) is 5. The van der Waals surface area contributed by atoms with Crippen molar-refractivity contribution in [3.05, 3.63) is 11.4 Å². The second kappa shape index (κ2) is 5.78. The Kier molecular flexibility index (Phi) is 4.50. The van der Waals surface area contributed by atoms with E-state index >= 15 is 0 Å². The lowest BCUT2D eigenvalue weighted by Gasteiger charge is -2.31. The van der Waals surface area contributed by atoms with Gasteiger partial charge in [0.25, 0.3) is 10.0 Å². The smallest absolute Gasteiger partial charge is 0.252 e. The summed E-state index contributed by atoms with van der Waals surface area (Å²) in [4.78, 5) is 2.28. The van der Waals surface area contributed by atoms with E-state index < -0.39 is 10.0 Å². The summed E-state index contributed by atoms with van der Waals surface area (Å²) in [5.74, 6) is 0.452. The first kappa shape index (κ1) is 14.8. The van der Waals surface area contributed by atoms with Gasteiger partial charge in [-0.1, -0.05) is 0 Å². The van der Waals surface area contributed by atoms with Crippen LogP contribution in [0.1, 0.15) is 12.8 Å². The molecule has 0 aromatic carbocycles. The van der Waals surface area contributed by atoms with E-state index in [1.165, 1.54) is 21.7 Å². The van der Waals surface area contributed by atoms with Crippen LogP contribution in [0.4, 0.5) is 5.69 Å². The first-order valence-corrected chi connectivity index (χ1v) is 8.70. The van der Waals surface area contributed by atoms with E-state index in [-0.39, 0.29) is 0 Å². The second-order valence-electron chi connectivity index (χ2n) is 5.23. The van der Waals surface area contributed by atoms with Crippen LogP contribution in [-0.2, 0) is 10.0 Å². The number of nitrogens with zero attached hydrogens (tertiary/aromatic N) is 2. The van der Waals surface area contributed by atoms with Gasteiger partial charge in [0.2, 0.25) is 0 Å². The molecule has 1 aliphatic rings. The van der Waals surface area contributed by atoms with Gasteiger partial charge in [-0.05, 0) is 45.0 Å². The molecular formula is C12H21N3O2S2. The molecule has 2 rings (SSSR count). The van der Waals surface area contributed by atoms with Crippen molar-refractivity contribution < 1.29 is 8.42 Å². The van der Waals surface area contributed by atoms with Crippen molar-refractivity contribution in [2.45, 2.75) is 17.1 Å². The van der Waals surface area contributed by atoms with Crippen molar-refractivity contribution in [1.29, 1.82) is 0 Å². The van der Waals surface area contributed by atoms with E-state index in [1.54, 1.807) is 12.4 Å². The maximum absolute atomic E-state index is 12.4. The summed E-state index contributed by atoms with van der Waals surface area (Å²) in [5.41, 5.74) is 6.11. The Morgan fingerprint density at radius 1 is 1.47 bits per heavy atom. The lowest BCUT2D eigenvalue weighted by atomic mass is 9.97. The fourth-order valence-electron chi connectivity index (χ4n) is 2.33. The van der Waals surface area contributed by atoms with Crippen molar-refractivity contribution >= 4 is 27.0 Å². The summed E-state index contributed by atoms with van der Waals surface area (Å²) in [6, 6.07) is 1.53. The number of thiophene rings is 1. The molecule has 0 atom stereocenters. The van der Waals surface area contributed by atoms with Gasteiger partial charge in [-0.3, -0.25) is 0 Å². The van der Waals surface area contributed by atoms with Crippen LogP contribution < -0.4 is 5.73 Å². The molecule has 1 aromatic rings. The van der Waals surface area contributed by atoms with Gasteiger partial charge in [-0.2, -0.15) is 4.31 Å². The Morgan fingerprint density at radius 2 is 2.11 bits per heavy atom. The molecule has 5 nitrogen and oxygen atoms in total. The van der Waals surface area contributed by atoms with Gasteiger partial charge in [-0.25, -0.2) is 8.42 Å². The van der Waals surface area contributed by atoms with Crippen LogP contribution in [-0.4, -0.2) is 51.4 Å². The maximum Gasteiger partial charge on any atom is 0.252 e. The van der Waals surface area contributed by atoms with Crippen molar-refractivity contribution in [1.82, 2.24) is 9.21 Å². The lowest BCUT2D eigenvalue weighted by Crippen LogP contribution is -2.37. The molecule has 0 aliphatic carbocycles. The highest BCUT2D eigenvalue weighted by Gasteiger charge is 2.26. The number of hydrogen-bond donors (Lipinski definition) is 1. The summed E-state index contributed by atoms with van der Waals surface area (Å²) in [5, 5.41) is 1.66. The molecule has 1 aliphatic heterocycles. The number of nitrogen functional groups attached to an aromatic ring is 1. The Bertz CT molecular complexity index is 519. The molecule has 0 amide bonds. The van der Waals surface area contributed by atoms with Crippen molar-refractivity contribution in [2.24, 2.45) is 5.92 Å². The largest absolute Gasteiger partial charge is 0.398 e. The third kappa shape index (κ3) is 3.47. The van der Waals surface area contributed by atoms with Crippen LogP contribution in [0.3, 0.4) is 0 Å². The summed E-state index contributed by atoms with van der Waals surface area (Å²) in [7, 11) is 0.386. The van der Waals surface area contributed by atoms with Crippen LogP contribution in [0.25, 0.3) is 0 Å². The quantitative estimate of drug-likeness (QED) is 0.910. The summed E-state index contributed by atoms with van der Waals surface area (Å²) in [6.07, 6.45) is 2.12. The highest BCUT2D eigenvalue weighted by molar-refractivity contribution is 7.91. The van der Waals surface area contributed by atoms with Gasteiger partial charge in [-0.15, -0.1) is 11.3 Å². The first-order valence-electron chi connectivity index (χ1n) is 6.38. The minimum atomic E-state index is -3.37. The van der Waals surface area contributed by atoms with Crippen molar-refractivity contribution in [3.63, 3.8) is 0 Å². The summed E-state index contributed by atoms with van der Waals surface area (Å²) in [6.45, 7) is 2.68. The molecular weight excluding hydrogens is 282 g/mol.